The average Bonchev–Trinajstić information content (AvgIpc) is 2.88. The molecule has 0 saturated heterocycles. The lowest BCUT2D eigenvalue weighted by atomic mass is 10.1. The molecule has 0 aromatic carbocycles. The maximum Gasteiger partial charge on any atom is 0.405 e. The van der Waals surface area contributed by atoms with E-state index in [0.29, 0.717) is 23.4 Å². The van der Waals surface area contributed by atoms with Crippen molar-refractivity contribution in [3.8, 4) is 11.3 Å². The van der Waals surface area contributed by atoms with Crippen LogP contribution >= 0.6 is 0 Å². The molecule has 1 unspecified atom stereocenters. The number of nitrogens with zero attached hydrogens (tertiary/aromatic N) is 4. The molecular weight excluding hydrogens is 302 g/mol. The van der Waals surface area contributed by atoms with E-state index in [9.17, 15) is 14.9 Å². The molecule has 1 amide bonds. The number of nitrogens with two attached hydrogens (primary N) is 1. The summed E-state index contributed by atoms with van der Waals surface area (Å²) in [5, 5.41) is 15.0. The number of primary amides is 1. The van der Waals surface area contributed by atoms with Crippen molar-refractivity contribution in [2.75, 3.05) is 0 Å². The second-order valence-electron chi connectivity index (χ2n) is 4.68. The molecule has 0 spiro atoms. The first-order chi connectivity index (χ1) is 10.9. The van der Waals surface area contributed by atoms with E-state index in [4.69, 9.17) is 10.5 Å². The lowest BCUT2D eigenvalue weighted by Crippen LogP contribution is -2.18. The number of hydrogen-bond acceptors (Lipinski definition) is 6. The normalized spacial score (nSPS) is 11.7. The summed E-state index contributed by atoms with van der Waals surface area (Å²) in [4.78, 5) is 25.8. The Morgan fingerprint density at radius 3 is 3.00 bits per heavy atom. The van der Waals surface area contributed by atoms with Gasteiger partial charge >= 0.3 is 11.8 Å². The van der Waals surface area contributed by atoms with Gasteiger partial charge < -0.3 is 10.5 Å². The summed E-state index contributed by atoms with van der Waals surface area (Å²) in [6.45, 7) is 3.59. The Hall–Kier alpha value is -3.23. The molecule has 2 aromatic rings. The molecule has 2 N–H and O–H groups in total. The zero-order valence-corrected chi connectivity index (χ0v) is 12.4. The van der Waals surface area contributed by atoms with E-state index >= 15 is 0 Å². The van der Waals surface area contributed by atoms with Crippen molar-refractivity contribution in [2.24, 2.45) is 12.8 Å². The molecule has 0 bridgehead atoms. The Kier molecular flexibility index (Phi) is 4.69. The highest BCUT2D eigenvalue weighted by atomic mass is 16.6. The van der Waals surface area contributed by atoms with Gasteiger partial charge in [-0.15, -0.1) is 6.58 Å². The fourth-order valence-corrected chi connectivity index (χ4v) is 2.19. The van der Waals surface area contributed by atoms with Crippen LogP contribution in [0.3, 0.4) is 0 Å². The van der Waals surface area contributed by atoms with Gasteiger partial charge in [0.2, 0.25) is 0 Å². The molecule has 0 radical (unpaired) electrons. The summed E-state index contributed by atoms with van der Waals surface area (Å²) in [5.74, 6) is 0. The molecule has 9 nitrogen and oxygen atoms in total. The van der Waals surface area contributed by atoms with Crippen LogP contribution in [0.4, 0.5) is 10.5 Å². The minimum Gasteiger partial charge on any atom is -0.440 e. The van der Waals surface area contributed by atoms with E-state index in [0.717, 1.165) is 0 Å². The highest BCUT2D eigenvalue weighted by Crippen LogP contribution is 2.31. The third kappa shape index (κ3) is 3.51. The maximum absolute atomic E-state index is 11.1. The molecule has 0 saturated carbocycles. The van der Waals surface area contributed by atoms with Crippen LogP contribution in [0.15, 0.2) is 37.2 Å². The number of hydrogen-bond donors (Lipinski definition) is 1. The van der Waals surface area contributed by atoms with Gasteiger partial charge in [0.05, 0.1) is 10.6 Å². The number of pyridine rings is 1. The van der Waals surface area contributed by atoms with Crippen molar-refractivity contribution in [3.05, 3.63) is 53.0 Å². The molecule has 2 aromatic heterocycles. The SMILES string of the molecule is C=CCC(OC(N)=O)c1cc(-c2c([N+](=O)[O-])cnn2C)ccn1. The van der Waals surface area contributed by atoms with Gasteiger partial charge in [-0.1, -0.05) is 6.08 Å². The van der Waals surface area contributed by atoms with E-state index in [1.54, 1.807) is 25.3 Å². The highest BCUT2D eigenvalue weighted by molar-refractivity contribution is 5.70. The van der Waals surface area contributed by atoms with Crippen LogP contribution in [-0.2, 0) is 11.8 Å². The lowest BCUT2D eigenvalue weighted by molar-refractivity contribution is -0.384. The number of rotatable bonds is 6. The summed E-state index contributed by atoms with van der Waals surface area (Å²) < 4.78 is 6.40. The van der Waals surface area contributed by atoms with E-state index in [1.807, 2.05) is 0 Å². The Labute approximate surface area is 131 Å². The van der Waals surface area contributed by atoms with E-state index in [-0.39, 0.29) is 5.69 Å². The van der Waals surface area contributed by atoms with Crippen molar-refractivity contribution in [1.82, 2.24) is 14.8 Å². The molecule has 23 heavy (non-hydrogen) atoms. The number of aromatic nitrogens is 3. The molecule has 2 rings (SSSR count). The molecule has 0 aliphatic heterocycles. The fourth-order valence-electron chi connectivity index (χ4n) is 2.19. The van der Waals surface area contributed by atoms with Gasteiger partial charge in [0.25, 0.3) is 0 Å². The predicted octanol–water partition coefficient (Wildman–Crippen LogP) is 2.10. The number of amides is 1. The second kappa shape index (κ2) is 6.69. The van der Waals surface area contributed by atoms with Crippen molar-refractivity contribution < 1.29 is 14.5 Å². The number of carbonyl (C=O) groups is 1. The van der Waals surface area contributed by atoms with Crippen LogP contribution in [-0.4, -0.2) is 25.8 Å². The third-order valence-corrected chi connectivity index (χ3v) is 3.14. The minimum atomic E-state index is -0.935. The number of carbonyl (C=O) groups excluding carboxylic acids is 1. The third-order valence-electron chi connectivity index (χ3n) is 3.14. The van der Waals surface area contributed by atoms with Gasteiger partial charge in [-0.2, -0.15) is 5.10 Å². The lowest BCUT2D eigenvalue weighted by Gasteiger charge is -2.15. The van der Waals surface area contributed by atoms with E-state index in [1.165, 1.54) is 17.1 Å². The maximum atomic E-state index is 11.1. The molecule has 2 heterocycles. The number of ether oxygens (including phenoxy) is 1. The van der Waals surface area contributed by atoms with Crippen molar-refractivity contribution in [3.63, 3.8) is 0 Å². The smallest absolute Gasteiger partial charge is 0.405 e. The molecule has 120 valence electrons. The van der Waals surface area contributed by atoms with E-state index in [2.05, 4.69) is 16.7 Å². The van der Waals surface area contributed by atoms with Gasteiger partial charge in [0.15, 0.2) is 0 Å². The van der Waals surface area contributed by atoms with Gasteiger partial charge in [-0.05, 0) is 12.1 Å². The first-order valence-corrected chi connectivity index (χ1v) is 6.63. The Bertz CT molecular complexity index is 755. The Morgan fingerprint density at radius 1 is 1.65 bits per heavy atom. The second-order valence-corrected chi connectivity index (χ2v) is 4.68. The number of nitro groups is 1. The van der Waals surface area contributed by atoms with Crippen LogP contribution < -0.4 is 5.73 Å². The molecular formula is C14H15N5O4. The standard InChI is InChI=1S/C14H15N5O4/c1-3-4-12(23-14(15)20)10-7-9(5-6-16-10)13-11(19(21)22)8-17-18(13)2/h3,5-8,12H,1,4H2,2H3,(H2,15,20). The topological polar surface area (TPSA) is 126 Å². The molecule has 9 heteroatoms. The zero-order valence-electron chi connectivity index (χ0n) is 12.4. The van der Waals surface area contributed by atoms with Gasteiger partial charge in [-0.25, -0.2) is 4.79 Å². The van der Waals surface area contributed by atoms with Crippen molar-refractivity contribution >= 4 is 11.8 Å². The fraction of sp³-hybridized carbons (Fsp3) is 0.214. The summed E-state index contributed by atoms with van der Waals surface area (Å²) in [5.41, 5.74) is 6.20. The van der Waals surface area contributed by atoms with Gasteiger partial charge in [-0.3, -0.25) is 19.8 Å². The van der Waals surface area contributed by atoms with Gasteiger partial charge in [0.1, 0.15) is 18.0 Å². The summed E-state index contributed by atoms with van der Waals surface area (Å²) in [7, 11) is 1.60. The average molecular weight is 317 g/mol. The van der Waals surface area contributed by atoms with Crippen LogP contribution in [0.2, 0.25) is 0 Å². The van der Waals surface area contributed by atoms with E-state index < -0.39 is 17.1 Å². The molecule has 0 aliphatic carbocycles. The summed E-state index contributed by atoms with van der Waals surface area (Å²) >= 11 is 0. The molecule has 1 atom stereocenters. The van der Waals surface area contributed by atoms with Crippen LogP contribution in [0.5, 0.6) is 0 Å². The first kappa shape index (κ1) is 16.1. The zero-order chi connectivity index (χ0) is 17.0. The van der Waals surface area contributed by atoms with Crippen LogP contribution in [0.1, 0.15) is 18.2 Å². The molecule has 0 aliphatic rings. The van der Waals surface area contributed by atoms with Crippen LogP contribution in [0.25, 0.3) is 11.3 Å². The Balaban J connectivity index is 2.47. The minimum absolute atomic E-state index is 0.124. The largest absolute Gasteiger partial charge is 0.440 e. The Morgan fingerprint density at radius 2 is 2.39 bits per heavy atom. The van der Waals surface area contributed by atoms with Crippen molar-refractivity contribution in [2.45, 2.75) is 12.5 Å². The predicted molar refractivity (Wildman–Crippen MR) is 81.3 cm³/mol. The molecule has 0 fully saturated rings. The highest BCUT2D eigenvalue weighted by Gasteiger charge is 2.22. The number of aryl methyl sites for hydroxylation is 1. The summed E-state index contributed by atoms with van der Waals surface area (Å²) in [6.07, 6.45) is 2.88. The van der Waals surface area contributed by atoms with Gasteiger partial charge in [0, 0.05) is 25.2 Å². The van der Waals surface area contributed by atoms with Crippen LogP contribution in [0, 0.1) is 10.1 Å². The van der Waals surface area contributed by atoms with Crippen molar-refractivity contribution in [1.29, 1.82) is 0 Å². The quantitative estimate of drug-likeness (QED) is 0.494. The summed E-state index contributed by atoms with van der Waals surface area (Å²) in [6, 6.07) is 3.21. The monoisotopic (exact) mass is 317 g/mol. The first-order valence-electron chi connectivity index (χ1n) is 6.63.